The average molecular weight is 231 g/mol. The monoisotopic (exact) mass is 231 g/mol. The van der Waals surface area contributed by atoms with Crippen LogP contribution in [0.25, 0.3) is 0 Å². The van der Waals surface area contributed by atoms with Crippen molar-refractivity contribution in [3.8, 4) is 0 Å². The summed E-state index contributed by atoms with van der Waals surface area (Å²) in [6.45, 7) is 4.10. The summed E-state index contributed by atoms with van der Waals surface area (Å²) >= 11 is 0. The molecular weight excluding hydrogens is 209 g/mol. The maximum atomic E-state index is 12.2. The molecule has 1 N–H and O–H groups in total. The predicted molar refractivity (Wildman–Crippen MR) is 72.5 cm³/mol. The minimum Gasteiger partial charge on any atom is -0.350 e. The molecule has 1 spiro atoms. The summed E-state index contributed by atoms with van der Waals surface area (Å²) in [5.74, 6) is 3.09. The largest absolute Gasteiger partial charge is 0.350 e. The lowest BCUT2D eigenvalue weighted by Gasteiger charge is -2.41. The quantitative estimate of drug-likeness (QED) is 0.380. The third kappa shape index (κ3) is 1.71. The lowest BCUT2D eigenvalue weighted by molar-refractivity contribution is -0.123. The number of hydrogen-bond donors (Lipinski definition) is 1. The summed E-state index contributed by atoms with van der Waals surface area (Å²) in [4.78, 5) is 12.2. The highest BCUT2D eigenvalue weighted by atomic mass is 16.2. The second kappa shape index (κ2) is 3.83. The van der Waals surface area contributed by atoms with Crippen LogP contribution in [0.4, 0.5) is 0 Å². The van der Waals surface area contributed by atoms with Gasteiger partial charge in [0.1, 0.15) is 0 Å². The van der Waals surface area contributed by atoms with Crippen LogP contribution in [0.3, 0.4) is 0 Å². The Morgan fingerprint density at radius 3 is 2.82 bits per heavy atom. The zero-order valence-corrected chi connectivity index (χ0v) is 9.72. The Hall–Kier alpha value is -0.855. The molecule has 0 bridgehead atoms. The molecule has 3 rings (SSSR count). The fourth-order valence-electron chi connectivity index (χ4n) is 3.77. The van der Waals surface area contributed by atoms with Crippen molar-refractivity contribution in [2.24, 2.45) is 11.8 Å². The third-order valence-electron chi connectivity index (χ3n) is 4.75. The molecule has 0 aromatic rings. The Balaban J connectivity index is 1.83. The van der Waals surface area contributed by atoms with E-state index in [4.69, 9.17) is 0 Å². The van der Waals surface area contributed by atoms with Crippen molar-refractivity contribution >= 4 is 13.8 Å². The Bertz CT molecular complexity index is 355. The fraction of sp³-hybridized carbons (Fsp3) is 0.714. The second-order valence-corrected chi connectivity index (χ2v) is 5.60. The molecule has 3 fully saturated rings. The molecule has 3 aliphatic rings. The van der Waals surface area contributed by atoms with E-state index >= 15 is 0 Å². The van der Waals surface area contributed by atoms with E-state index in [1.807, 2.05) is 0 Å². The van der Waals surface area contributed by atoms with E-state index in [1.54, 1.807) is 5.82 Å². The van der Waals surface area contributed by atoms with Gasteiger partial charge < -0.3 is 5.32 Å². The van der Waals surface area contributed by atoms with Gasteiger partial charge in [-0.15, -0.1) is 5.82 Å². The Morgan fingerprint density at radius 1 is 1.41 bits per heavy atom. The molecule has 2 atom stereocenters. The number of amides is 1. The normalized spacial score (nSPS) is 35.9. The van der Waals surface area contributed by atoms with E-state index in [-0.39, 0.29) is 5.54 Å². The Labute approximate surface area is 105 Å². The molecule has 2 aliphatic carbocycles. The summed E-state index contributed by atoms with van der Waals surface area (Å²) < 4.78 is 0. The van der Waals surface area contributed by atoms with Gasteiger partial charge in [0, 0.05) is 17.9 Å². The van der Waals surface area contributed by atoms with Gasteiger partial charge in [-0.1, -0.05) is 12.2 Å². The molecule has 2 nitrogen and oxygen atoms in total. The van der Waals surface area contributed by atoms with Crippen LogP contribution in [-0.4, -0.2) is 19.3 Å². The van der Waals surface area contributed by atoms with Crippen LogP contribution in [0, 0.1) is 17.7 Å². The Morgan fingerprint density at radius 2 is 2.12 bits per heavy atom. The molecule has 1 amide bonds. The minimum atomic E-state index is 0.156. The maximum absolute atomic E-state index is 12.2. The first-order valence-corrected chi connectivity index (χ1v) is 6.41. The summed E-state index contributed by atoms with van der Waals surface area (Å²) in [7, 11) is 0.351. The highest BCUT2D eigenvalue weighted by molar-refractivity contribution is 6.19. The second-order valence-electron chi connectivity index (χ2n) is 5.60. The van der Waals surface area contributed by atoms with E-state index in [0.29, 0.717) is 25.6 Å². The van der Waals surface area contributed by atoms with Crippen LogP contribution in [-0.2, 0) is 4.79 Å². The van der Waals surface area contributed by atoms with Gasteiger partial charge in [-0.25, -0.2) is 0 Å². The lowest BCUT2D eigenvalue weighted by atomic mass is 9.61. The topological polar surface area (TPSA) is 29.1 Å². The number of nitrogens with one attached hydrogen (secondary N) is 1. The first-order chi connectivity index (χ1) is 8.11. The molecule has 2 unspecified atom stereocenters. The zero-order valence-electron chi connectivity index (χ0n) is 9.72. The molecule has 92 valence electrons. The van der Waals surface area contributed by atoms with E-state index < -0.39 is 0 Å². The van der Waals surface area contributed by atoms with E-state index in [0.717, 1.165) is 32.1 Å². The molecule has 1 heterocycles. The number of carbonyl (C=O) groups excluding carboxylic acids is 1. The van der Waals surface area contributed by atoms with Crippen LogP contribution in [0.1, 0.15) is 44.9 Å². The van der Waals surface area contributed by atoms with E-state index in [2.05, 4.69) is 11.9 Å². The van der Waals surface area contributed by atoms with E-state index in [1.165, 1.54) is 18.4 Å². The van der Waals surface area contributed by atoms with Gasteiger partial charge >= 0.3 is 0 Å². The van der Waals surface area contributed by atoms with Crippen LogP contribution in [0.2, 0.25) is 0 Å². The average Bonchev–Trinajstić information content (AvgIpc) is 2.57. The van der Waals surface area contributed by atoms with Gasteiger partial charge in [-0.2, -0.15) is 0 Å². The van der Waals surface area contributed by atoms with Crippen molar-refractivity contribution in [3.05, 3.63) is 18.0 Å². The zero-order chi connectivity index (χ0) is 12.0. The van der Waals surface area contributed by atoms with Crippen molar-refractivity contribution in [2.45, 2.75) is 50.5 Å². The van der Waals surface area contributed by atoms with Gasteiger partial charge in [0.2, 0.25) is 5.91 Å². The predicted octanol–water partition coefficient (Wildman–Crippen LogP) is 1.30. The summed E-state index contributed by atoms with van der Waals surface area (Å²) in [5.41, 5.74) is 1.54. The van der Waals surface area contributed by atoms with Crippen molar-refractivity contribution in [1.29, 1.82) is 0 Å². The van der Waals surface area contributed by atoms with Crippen LogP contribution < -0.4 is 5.32 Å². The van der Waals surface area contributed by atoms with Crippen molar-refractivity contribution in [1.82, 2.24) is 5.32 Å². The number of allylic oxidation sites excluding steroid dienone is 1. The highest BCUT2D eigenvalue weighted by Gasteiger charge is 2.55. The Kier molecular flexibility index (Phi) is 2.53. The summed E-state index contributed by atoms with van der Waals surface area (Å²) in [6.07, 6.45) is 8.27. The van der Waals surface area contributed by atoms with Crippen molar-refractivity contribution in [3.63, 3.8) is 0 Å². The highest BCUT2D eigenvalue weighted by Crippen LogP contribution is 2.50. The van der Waals surface area contributed by atoms with Gasteiger partial charge in [-0.05, 0) is 32.1 Å². The molecule has 0 aromatic carbocycles. The molecule has 2 saturated carbocycles. The summed E-state index contributed by atoms with van der Waals surface area (Å²) in [6, 6.07) is 0. The van der Waals surface area contributed by atoms with Gasteiger partial charge in [-0.3, -0.25) is 4.79 Å². The number of fused-ring (bicyclic) bond motifs is 2. The smallest absolute Gasteiger partial charge is 0.228 e. The molecule has 17 heavy (non-hydrogen) atoms. The molecule has 0 aromatic heterocycles. The van der Waals surface area contributed by atoms with Crippen LogP contribution in [0.15, 0.2) is 12.2 Å². The van der Waals surface area contributed by atoms with Gasteiger partial charge in [0.15, 0.2) is 7.85 Å². The van der Waals surface area contributed by atoms with Crippen molar-refractivity contribution < 1.29 is 4.79 Å². The third-order valence-corrected chi connectivity index (χ3v) is 4.75. The first-order valence-electron chi connectivity index (χ1n) is 6.41. The minimum absolute atomic E-state index is 0.156. The standard InChI is InChI=1S/C14H22BNO/c1-9-4-6-14(7-5-9)12-3-2-10(15)8-11(12)13(17)16-14/h11-12H,1-8H2,15H3,(H,16,17). The first kappa shape index (κ1) is 11.2. The number of hydrogen-bond acceptors (Lipinski definition) is 1. The molecular formula is C14H22BNO. The molecule has 0 radical (unpaired) electrons. The molecule has 3 heteroatoms. The van der Waals surface area contributed by atoms with E-state index in [9.17, 15) is 4.79 Å². The maximum Gasteiger partial charge on any atom is 0.228 e. The molecule has 1 aliphatic heterocycles. The number of rotatable bonds is 0. The molecule has 1 saturated heterocycles. The van der Waals surface area contributed by atoms with Gasteiger partial charge in [0.05, 0.1) is 12.3 Å². The van der Waals surface area contributed by atoms with Gasteiger partial charge in [0.25, 0.3) is 0 Å². The summed E-state index contributed by atoms with van der Waals surface area (Å²) in [5, 5.41) is 3.39. The van der Waals surface area contributed by atoms with Crippen molar-refractivity contribution in [2.75, 3.05) is 0 Å². The SMILES string of the molecule is [BH3-][C+]1CCC2C(C1)C(=O)NC21CCC(=C)CC1. The van der Waals surface area contributed by atoms with Crippen LogP contribution in [0.5, 0.6) is 0 Å². The number of carbonyl (C=O) groups is 1. The lowest BCUT2D eigenvalue weighted by Crippen LogP contribution is -2.48. The fourth-order valence-corrected chi connectivity index (χ4v) is 3.77. The van der Waals surface area contributed by atoms with Crippen LogP contribution >= 0.6 is 0 Å².